The van der Waals surface area contributed by atoms with Crippen LogP contribution in [0.3, 0.4) is 0 Å². The first-order valence-electron chi connectivity index (χ1n) is 6.75. The molecule has 0 fully saturated rings. The average Bonchev–Trinajstić information content (AvgIpc) is 2.63. The molecule has 0 spiro atoms. The number of ether oxygens (including phenoxy) is 1. The molecule has 0 N–H and O–H groups in total. The van der Waals surface area contributed by atoms with E-state index in [1.807, 2.05) is 48.5 Å². The van der Waals surface area contributed by atoms with Crippen molar-refractivity contribution in [1.29, 1.82) is 0 Å². The van der Waals surface area contributed by atoms with Crippen LogP contribution in [0.5, 0.6) is 0 Å². The lowest BCUT2D eigenvalue weighted by Gasteiger charge is -2.21. The summed E-state index contributed by atoms with van der Waals surface area (Å²) in [5.41, 5.74) is 3.72. The van der Waals surface area contributed by atoms with Crippen molar-refractivity contribution < 1.29 is 14.3 Å². The average molecular weight is 281 g/mol. The standard InChI is InChI=1S/C17H15NO3/c1-21-17(20)11-18-15-9-5-4-8-14(15)13-7-3-2-6-12(13)10-16(18)19/h2-9H,10-11H2,1H3. The van der Waals surface area contributed by atoms with Crippen LogP contribution in [-0.4, -0.2) is 25.5 Å². The summed E-state index contributed by atoms with van der Waals surface area (Å²) in [6.07, 6.45) is 0.280. The Bertz CT molecular complexity index is 709. The quantitative estimate of drug-likeness (QED) is 0.794. The monoisotopic (exact) mass is 281 g/mol. The summed E-state index contributed by atoms with van der Waals surface area (Å²) in [4.78, 5) is 25.6. The lowest BCUT2D eigenvalue weighted by Crippen LogP contribution is -2.36. The number of methoxy groups -OCH3 is 1. The van der Waals surface area contributed by atoms with Crippen molar-refractivity contribution in [1.82, 2.24) is 0 Å². The third-order valence-electron chi connectivity index (χ3n) is 3.66. The minimum atomic E-state index is -0.427. The molecule has 0 saturated heterocycles. The van der Waals surface area contributed by atoms with E-state index in [2.05, 4.69) is 0 Å². The first-order valence-corrected chi connectivity index (χ1v) is 6.75. The third kappa shape index (κ3) is 2.40. The number of carbonyl (C=O) groups is 2. The number of para-hydroxylation sites is 1. The molecule has 3 rings (SSSR count). The Hall–Kier alpha value is -2.62. The van der Waals surface area contributed by atoms with Gasteiger partial charge in [0, 0.05) is 5.56 Å². The van der Waals surface area contributed by atoms with Crippen LogP contribution in [0.25, 0.3) is 11.1 Å². The van der Waals surface area contributed by atoms with E-state index >= 15 is 0 Å². The highest BCUT2D eigenvalue weighted by Gasteiger charge is 2.27. The van der Waals surface area contributed by atoms with Gasteiger partial charge in [-0.1, -0.05) is 42.5 Å². The molecular weight excluding hydrogens is 266 g/mol. The fourth-order valence-electron chi connectivity index (χ4n) is 2.63. The molecule has 2 aromatic rings. The molecule has 0 aliphatic carbocycles. The number of carbonyl (C=O) groups excluding carboxylic acids is 2. The summed E-state index contributed by atoms with van der Waals surface area (Å²) >= 11 is 0. The Labute approximate surface area is 123 Å². The topological polar surface area (TPSA) is 46.6 Å². The van der Waals surface area contributed by atoms with Crippen LogP contribution in [0.2, 0.25) is 0 Å². The van der Waals surface area contributed by atoms with Gasteiger partial charge in [0.2, 0.25) is 5.91 Å². The predicted octanol–water partition coefficient (Wildman–Crippen LogP) is 2.42. The molecule has 0 radical (unpaired) electrons. The Kier molecular flexibility index (Phi) is 3.44. The number of hydrogen-bond donors (Lipinski definition) is 0. The van der Waals surface area contributed by atoms with Gasteiger partial charge in [0.25, 0.3) is 0 Å². The maximum Gasteiger partial charge on any atom is 0.325 e. The van der Waals surface area contributed by atoms with Gasteiger partial charge < -0.3 is 9.64 Å². The summed E-state index contributed by atoms with van der Waals surface area (Å²) in [7, 11) is 1.32. The molecule has 1 aliphatic rings. The minimum absolute atomic E-state index is 0.0691. The number of benzene rings is 2. The van der Waals surface area contributed by atoms with Crippen molar-refractivity contribution in [2.24, 2.45) is 0 Å². The zero-order valence-corrected chi connectivity index (χ0v) is 11.7. The molecule has 0 saturated carbocycles. The highest BCUT2D eigenvalue weighted by molar-refractivity contribution is 6.05. The van der Waals surface area contributed by atoms with Crippen molar-refractivity contribution in [2.75, 3.05) is 18.6 Å². The highest BCUT2D eigenvalue weighted by Crippen LogP contribution is 2.36. The van der Waals surface area contributed by atoms with Crippen molar-refractivity contribution in [2.45, 2.75) is 6.42 Å². The number of hydrogen-bond acceptors (Lipinski definition) is 3. The van der Waals surface area contributed by atoms with Gasteiger partial charge in [-0.2, -0.15) is 0 Å². The first kappa shape index (κ1) is 13.4. The molecule has 0 bridgehead atoms. The van der Waals surface area contributed by atoms with Gasteiger partial charge in [-0.3, -0.25) is 9.59 Å². The number of amides is 1. The fraction of sp³-hybridized carbons (Fsp3) is 0.176. The molecule has 2 aromatic carbocycles. The van der Waals surface area contributed by atoms with E-state index in [1.165, 1.54) is 12.0 Å². The largest absolute Gasteiger partial charge is 0.468 e. The van der Waals surface area contributed by atoms with E-state index in [4.69, 9.17) is 4.74 Å². The molecule has 1 amide bonds. The molecule has 21 heavy (non-hydrogen) atoms. The minimum Gasteiger partial charge on any atom is -0.468 e. The third-order valence-corrected chi connectivity index (χ3v) is 3.66. The second-order valence-corrected chi connectivity index (χ2v) is 4.91. The van der Waals surface area contributed by atoms with E-state index in [1.54, 1.807) is 0 Å². The second kappa shape index (κ2) is 5.40. The van der Waals surface area contributed by atoms with Crippen LogP contribution in [-0.2, 0) is 20.7 Å². The molecule has 4 heteroatoms. The molecule has 0 unspecified atom stereocenters. The summed E-state index contributed by atoms with van der Waals surface area (Å²) in [5.74, 6) is -0.526. The molecule has 0 aromatic heterocycles. The number of fused-ring (bicyclic) bond motifs is 3. The Morgan fingerprint density at radius 3 is 2.52 bits per heavy atom. The van der Waals surface area contributed by atoms with Crippen LogP contribution in [0, 0.1) is 0 Å². The smallest absolute Gasteiger partial charge is 0.325 e. The van der Waals surface area contributed by atoms with E-state index in [0.717, 1.165) is 22.4 Å². The van der Waals surface area contributed by atoms with Gasteiger partial charge >= 0.3 is 5.97 Å². The highest BCUT2D eigenvalue weighted by atomic mass is 16.5. The van der Waals surface area contributed by atoms with Gasteiger partial charge in [0.05, 0.1) is 19.2 Å². The lowest BCUT2D eigenvalue weighted by molar-refractivity contribution is -0.140. The van der Waals surface area contributed by atoms with E-state index in [9.17, 15) is 9.59 Å². The van der Waals surface area contributed by atoms with Gasteiger partial charge in [-0.25, -0.2) is 0 Å². The Balaban J connectivity index is 2.15. The Morgan fingerprint density at radius 1 is 1.10 bits per heavy atom. The molecular formula is C17H15NO3. The van der Waals surface area contributed by atoms with Crippen molar-refractivity contribution in [3.8, 4) is 11.1 Å². The summed E-state index contributed by atoms with van der Waals surface area (Å²) < 4.78 is 4.70. The number of rotatable bonds is 2. The second-order valence-electron chi connectivity index (χ2n) is 4.91. The normalized spacial score (nSPS) is 13.2. The zero-order valence-electron chi connectivity index (χ0n) is 11.7. The van der Waals surface area contributed by atoms with Crippen LogP contribution in [0.15, 0.2) is 48.5 Å². The van der Waals surface area contributed by atoms with Crippen molar-refractivity contribution >= 4 is 17.6 Å². The van der Waals surface area contributed by atoms with E-state index in [0.29, 0.717) is 0 Å². The Morgan fingerprint density at radius 2 is 1.76 bits per heavy atom. The SMILES string of the molecule is COC(=O)CN1C(=O)Cc2ccccc2-c2ccccc21. The maximum atomic E-state index is 12.5. The van der Waals surface area contributed by atoms with Gasteiger partial charge in [-0.15, -0.1) is 0 Å². The lowest BCUT2D eigenvalue weighted by atomic mass is 9.98. The van der Waals surface area contributed by atoms with Crippen LogP contribution >= 0.6 is 0 Å². The molecule has 1 aliphatic heterocycles. The summed E-state index contributed by atoms with van der Waals surface area (Å²) in [6, 6.07) is 15.5. The first-order chi connectivity index (χ1) is 10.2. The van der Waals surface area contributed by atoms with Crippen LogP contribution < -0.4 is 4.90 Å². The molecule has 106 valence electrons. The maximum absolute atomic E-state index is 12.5. The molecule has 0 atom stereocenters. The molecule has 4 nitrogen and oxygen atoms in total. The van der Waals surface area contributed by atoms with Crippen molar-refractivity contribution in [3.05, 3.63) is 54.1 Å². The van der Waals surface area contributed by atoms with Gasteiger partial charge in [0.1, 0.15) is 6.54 Å². The molecule has 1 heterocycles. The summed E-state index contributed by atoms with van der Waals surface area (Å²) in [5, 5.41) is 0. The number of nitrogens with zero attached hydrogens (tertiary/aromatic N) is 1. The van der Waals surface area contributed by atoms with Gasteiger partial charge in [-0.05, 0) is 17.2 Å². The van der Waals surface area contributed by atoms with Gasteiger partial charge in [0.15, 0.2) is 0 Å². The van der Waals surface area contributed by atoms with Crippen LogP contribution in [0.1, 0.15) is 5.56 Å². The summed E-state index contributed by atoms with van der Waals surface area (Å²) in [6.45, 7) is -0.0691. The van der Waals surface area contributed by atoms with E-state index < -0.39 is 5.97 Å². The number of anilines is 1. The fourth-order valence-corrected chi connectivity index (χ4v) is 2.63. The predicted molar refractivity (Wildman–Crippen MR) is 80.0 cm³/mol. The van der Waals surface area contributed by atoms with E-state index in [-0.39, 0.29) is 18.9 Å². The number of esters is 1. The van der Waals surface area contributed by atoms with Crippen molar-refractivity contribution in [3.63, 3.8) is 0 Å². The zero-order chi connectivity index (χ0) is 14.8. The van der Waals surface area contributed by atoms with Crippen LogP contribution in [0.4, 0.5) is 5.69 Å².